The maximum Gasteiger partial charge on any atom is 0.259 e. The van der Waals surface area contributed by atoms with Crippen molar-refractivity contribution < 1.29 is 0 Å². The Balaban J connectivity index is 1.74. The van der Waals surface area contributed by atoms with Crippen molar-refractivity contribution in [3.8, 4) is 11.3 Å². The van der Waals surface area contributed by atoms with Gasteiger partial charge in [0.15, 0.2) is 0 Å². The first kappa shape index (κ1) is 17.8. The van der Waals surface area contributed by atoms with Gasteiger partial charge in [-0.15, -0.1) is 5.10 Å². The zero-order chi connectivity index (χ0) is 20.3. The van der Waals surface area contributed by atoms with Crippen molar-refractivity contribution in [3.05, 3.63) is 86.4 Å². The van der Waals surface area contributed by atoms with E-state index >= 15 is 0 Å². The monoisotopic (exact) mass is 414 g/mol. The van der Waals surface area contributed by atoms with E-state index in [1.807, 2.05) is 40.8 Å². The molecule has 6 rings (SSSR count). The van der Waals surface area contributed by atoms with Crippen molar-refractivity contribution in [1.82, 2.24) is 19.2 Å². The third-order valence-electron chi connectivity index (χ3n) is 6.89. The lowest BCUT2D eigenvalue weighted by Crippen LogP contribution is -2.40. The zero-order valence-corrected chi connectivity index (χ0v) is 17.4. The lowest BCUT2D eigenvalue weighted by Gasteiger charge is -2.37. The van der Waals surface area contributed by atoms with Crippen LogP contribution >= 0.6 is 12.2 Å². The van der Waals surface area contributed by atoms with Crippen LogP contribution in [-0.4, -0.2) is 19.2 Å². The minimum atomic E-state index is -0.112. The van der Waals surface area contributed by atoms with Gasteiger partial charge in [0.05, 0.1) is 12.2 Å². The lowest BCUT2D eigenvalue weighted by atomic mass is 9.68. The molecule has 0 unspecified atom stereocenters. The molecule has 0 radical (unpaired) electrons. The van der Waals surface area contributed by atoms with Crippen LogP contribution in [0.25, 0.3) is 17.0 Å². The number of aromatic nitrogens is 4. The summed E-state index contributed by atoms with van der Waals surface area (Å²) in [6, 6.07) is 18.5. The first-order chi connectivity index (χ1) is 14.7. The Morgan fingerprint density at radius 3 is 2.57 bits per heavy atom. The van der Waals surface area contributed by atoms with Gasteiger partial charge < -0.3 is 0 Å². The van der Waals surface area contributed by atoms with Gasteiger partial charge in [-0.1, -0.05) is 67.4 Å². The number of nitrogens with one attached hydrogen (secondary N) is 1. The van der Waals surface area contributed by atoms with Gasteiger partial charge >= 0.3 is 0 Å². The highest BCUT2D eigenvalue weighted by Crippen LogP contribution is 2.50. The molecule has 2 aromatic carbocycles. The molecule has 1 spiro atoms. The SMILES string of the molecule is O=c1c2c(n3c(=S)[nH]nc3n1Cc1ccccc1)-c1ccccc1CC21CCCC1. The average molecular weight is 415 g/mol. The standard InChI is InChI=1S/C24H22N4OS/c29-21-19-20(18-11-5-4-10-17(18)14-24(19)12-6-7-13-24)28-22(25-26-23(28)30)27(21)15-16-8-2-1-3-9-16/h1-5,8-11H,6-7,12-15H2,(H,26,30). The summed E-state index contributed by atoms with van der Waals surface area (Å²) in [7, 11) is 0. The van der Waals surface area contributed by atoms with E-state index in [1.54, 1.807) is 4.57 Å². The number of aromatic amines is 1. The van der Waals surface area contributed by atoms with E-state index in [4.69, 9.17) is 12.2 Å². The number of rotatable bonds is 2. The number of hydrogen-bond acceptors (Lipinski definition) is 3. The molecule has 1 N–H and O–H groups in total. The molecular weight excluding hydrogens is 392 g/mol. The molecule has 2 aromatic heterocycles. The normalized spacial score (nSPS) is 16.7. The van der Waals surface area contributed by atoms with Crippen molar-refractivity contribution in [3.63, 3.8) is 0 Å². The number of hydrogen-bond donors (Lipinski definition) is 1. The molecule has 1 saturated carbocycles. The minimum absolute atomic E-state index is 0.0757. The van der Waals surface area contributed by atoms with E-state index in [0.29, 0.717) is 17.1 Å². The molecule has 150 valence electrons. The van der Waals surface area contributed by atoms with Crippen LogP contribution in [0.1, 0.15) is 42.4 Å². The summed E-state index contributed by atoms with van der Waals surface area (Å²) in [6.45, 7) is 0.480. The molecule has 0 atom stereocenters. The second-order valence-electron chi connectivity index (χ2n) is 8.59. The summed E-state index contributed by atoms with van der Waals surface area (Å²) >= 11 is 5.66. The zero-order valence-electron chi connectivity index (χ0n) is 16.6. The number of benzene rings is 2. The van der Waals surface area contributed by atoms with Gasteiger partial charge in [0, 0.05) is 16.5 Å². The minimum Gasteiger partial charge on any atom is -0.272 e. The summed E-state index contributed by atoms with van der Waals surface area (Å²) in [5, 5.41) is 7.43. The average Bonchev–Trinajstić information content (AvgIpc) is 3.38. The van der Waals surface area contributed by atoms with E-state index in [-0.39, 0.29) is 11.0 Å². The maximum absolute atomic E-state index is 14.1. The van der Waals surface area contributed by atoms with Gasteiger partial charge in [0.1, 0.15) is 0 Å². The van der Waals surface area contributed by atoms with Gasteiger partial charge in [-0.2, -0.15) is 0 Å². The predicted molar refractivity (Wildman–Crippen MR) is 119 cm³/mol. The highest BCUT2D eigenvalue weighted by molar-refractivity contribution is 7.71. The second-order valence-corrected chi connectivity index (χ2v) is 8.97. The van der Waals surface area contributed by atoms with Crippen LogP contribution in [0.5, 0.6) is 0 Å². The van der Waals surface area contributed by atoms with Crippen LogP contribution in [0.4, 0.5) is 0 Å². The summed E-state index contributed by atoms with van der Waals surface area (Å²) in [5.74, 6) is 0.581. The molecule has 2 aliphatic rings. The molecule has 2 heterocycles. The predicted octanol–water partition coefficient (Wildman–Crippen LogP) is 4.64. The first-order valence-electron chi connectivity index (χ1n) is 10.5. The highest BCUT2D eigenvalue weighted by atomic mass is 32.1. The fraction of sp³-hybridized carbons (Fsp3) is 0.292. The van der Waals surface area contributed by atoms with E-state index in [2.05, 4.69) is 28.4 Å². The molecule has 2 aliphatic carbocycles. The Morgan fingerprint density at radius 1 is 1.03 bits per heavy atom. The molecule has 1 fully saturated rings. The molecule has 0 saturated heterocycles. The summed E-state index contributed by atoms with van der Waals surface area (Å²) in [4.78, 5) is 14.1. The van der Waals surface area contributed by atoms with Gasteiger partial charge in [-0.05, 0) is 42.6 Å². The Kier molecular flexibility index (Phi) is 3.87. The fourth-order valence-corrected chi connectivity index (χ4v) is 5.81. The molecular formula is C24H22N4OS. The summed E-state index contributed by atoms with van der Waals surface area (Å²) in [6.07, 6.45) is 5.34. The Bertz CT molecular complexity index is 1390. The molecule has 5 nitrogen and oxygen atoms in total. The maximum atomic E-state index is 14.1. The largest absolute Gasteiger partial charge is 0.272 e. The lowest BCUT2D eigenvalue weighted by molar-refractivity contribution is 0.422. The fourth-order valence-electron chi connectivity index (χ4n) is 5.59. The van der Waals surface area contributed by atoms with E-state index < -0.39 is 0 Å². The topological polar surface area (TPSA) is 55.1 Å². The Labute approximate surface area is 179 Å². The van der Waals surface area contributed by atoms with Gasteiger partial charge in [0.2, 0.25) is 10.5 Å². The van der Waals surface area contributed by atoms with Crippen molar-refractivity contribution in [2.75, 3.05) is 0 Å². The van der Waals surface area contributed by atoms with Crippen LogP contribution in [0.3, 0.4) is 0 Å². The molecule has 30 heavy (non-hydrogen) atoms. The van der Waals surface area contributed by atoms with Gasteiger partial charge in [0.25, 0.3) is 5.56 Å². The molecule has 4 aromatic rings. The van der Waals surface area contributed by atoms with Gasteiger partial charge in [-0.3, -0.25) is 13.8 Å². The van der Waals surface area contributed by atoms with Crippen LogP contribution in [0.2, 0.25) is 0 Å². The first-order valence-corrected chi connectivity index (χ1v) is 11.0. The smallest absolute Gasteiger partial charge is 0.259 e. The Hall–Kier alpha value is -2.99. The van der Waals surface area contributed by atoms with Gasteiger partial charge in [-0.25, -0.2) is 5.10 Å². The number of H-pyrrole nitrogens is 1. The van der Waals surface area contributed by atoms with Crippen molar-refractivity contribution in [1.29, 1.82) is 0 Å². The van der Waals surface area contributed by atoms with Crippen molar-refractivity contribution in [2.24, 2.45) is 0 Å². The molecule has 6 heteroatoms. The van der Waals surface area contributed by atoms with Crippen LogP contribution in [0, 0.1) is 4.77 Å². The van der Waals surface area contributed by atoms with Crippen LogP contribution < -0.4 is 5.56 Å². The number of fused-ring (bicyclic) bond motifs is 6. The quantitative estimate of drug-likeness (QED) is 0.486. The summed E-state index contributed by atoms with van der Waals surface area (Å²) < 4.78 is 4.33. The van der Waals surface area contributed by atoms with Crippen LogP contribution in [-0.2, 0) is 18.4 Å². The third-order valence-corrected chi connectivity index (χ3v) is 7.17. The molecule has 0 amide bonds. The van der Waals surface area contributed by atoms with Crippen LogP contribution in [0.15, 0.2) is 59.4 Å². The summed E-state index contributed by atoms with van der Waals surface area (Å²) in [5.41, 5.74) is 5.33. The van der Waals surface area contributed by atoms with Crippen molar-refractivity contribution in [2.45, 2.75) is 44.1 Å². The second kappa shape index (κ2) is 6.51. The molecule has 0 bridgehead atoms. The van der Waals surface area contributed by atoms with E-state index in [0.717, 1.165) is 54.5 Å². The van der Waals surface area contributed by atoms with E-state index in [9.17, 15) is 4.79 Å². The van der Waals surface area contributed by atoms with Crippen molar-refractivity contribution >= 4 is 18.0 Å². The number of nitrogens with zero attached hydrogens (tertiary/aromatic N) is 3. The molecule has 0 aliphatic heterocycles. The van der Waals surface area contributed by atoms with E-state index in [1.165, 1.54) is 5.56 Å². The third kappa shape index (κ3) is 2.43. The highest BCUT2D eigenvalue weighted by Gasteiger charge is 2.45. The Morgan fingerprint density at radius 2 is 1.77 bits per heavy atom.